The molecule has 0 heterocycles. The molecule has 1 aromatic rings. The molecule has 0 N–H and O–H groups in total. The van der Waals surface area contributed by atoms with E-state index in [1.807, 2.05) is 0 Å². The van der Waals surface area contributed by atoms with Crippen LogP contribution < -0.4 is 4.74 Å². The van der Waals surface area contributed by atoms with E-state index in [0.29, 0.717) is 6.73 Å². The van der Waals surface area contributed by atoms with Crippen molar-refractivity contribution in [2.45, 2.75) is 20.3 Å². The first-order valence-electron chi connectivity index (χ1n) is 5.90. The summed E-state index contributed by atoms with van der Waals surface area (Å²) in [5.74, 6) is 0.985. The third kappa shape index (κ3) is 4.02. The summed E-state index contributed by atoms with van der Waals surface area (Å²) in [6.45, 7) is 5.87. The standard InChI is InChI=1S/C14H23NO2/c1-11-8-13(6-7-15(3)10-16-4)14(17-5)9-12(11)2/h8-9H,6-7,10H2,1-5H3. The van der Waals surface area contributed by atoms with Crippen molar-refractivity contribution in [2.75, 3.05) is 34.5 Å². The van der Waals surface area contributed by atoms with Gasteiger partial charge in [-0.2, -0.15) is 0 Å². The highest BCUT2D eigenvalue weighted by Gasteiger charge is 2.07. The molecule has 0 aliphatic carbocycles. The van der Waals surface area contributed by atoms with Crippen molar-refractivity contribution in [3.63, 3.8) is 0 Å². The molecule has 0 bridgehead atoms. The summed E-state index contributed by atoms with van der Waals surface area (Å²) in [7, 11) is 5.50. The Morgan fingerprint density at radius 2 is 1.76 bits per heavy atom. The fourth-order valence-electron chi connectivity index (χ4n) is 1.83. The third-order valence-electron chi connectivity index (χ3n) is 3.01. The zero-order chi connectivity index (χ0) is 12.8. The molecular formula is C14H23NO2. The Hall–Kier alpha value is -1.06. The van der Waals surface area contributed by atoms with Crippen LogP contribution in [0.1, 0.15) is 16.7 Å². The van der Waals surface area contributed by atoms with E-state index in [9.17, 15) is 0 Å². The molecular weight excluding hydrogens is 214 g/mol. The van der Waals surface area contributed by atoms with Gasteiger partial charge in [-0.15, -0.1) is 0 Å². The van der Waals surface area contributed by atoms with Crippen molar-refractivity contribution in [3.8, 4) is 5.75 Å². The van der Waals surface area contributed by atoms with Gasteiger partial charge in [0.15, 0.2) is 0 Å². The summed E-state index contributed by atoms with van der Waals surface area (Å²) in [4.78, 5) is 2.15. The van der Waals surface area contributed by atoms with Crippen molar-refractivity contribution >= 4 is 0 Å². The second-order valence-electron chi connectivity index (χ2n) is 4.50. The SMILES string of the molecule is COCN(C)CCc1cc(C)c(C)cc1OC. The van der Waals surface area contributed by atoms with Gasteiger partial charge in [-0.1, -0.05) is 6.07 Å². The molecule has 0 saturated heterocycles. The van der Waals surface area contributed by atoms with Crippen LogP contribution in [0.4, 0.5) is 0 Å². The van der Waals surface area contributed by atoms with E-state index in [1.54, 1.807) is 14.2 Å². The Bertz CT molecular complexity index is 363. The Balaban J connectivity index is 2.72. The Morgan fingerprint density at radius 1 is 1.12 bits per heavy atom. The number of hydrogen-bond acceptors (Lipinski definition) is 3. The highest BCUT2D eigenvalue weighted by molar-refractivity contribution is 5.41. The maximum atomic E-state index is 5.42. The summed E-state index contributed by atoms with van der Waals surface area (Å²) < 4.78 is 10.5. The lowest BCUT2D eigenvalue weighted by Gasteiger charge is -2.17. The zero-order valence-electron chi connectivity index (χ0n) is 11.5. The lowest BCUT2D eigenvalue weighted by molar-refractivity contribution is 0.0826. The van der Waals surface area contributed by atoms with Gasteiger partial charge in [-0.3, -0.25) is 4.90 Å². The van der Waals surface area contributed by atoms with E-state index in [-0.39, 0.29) is 0 Å². The van der Waals surface area contributed by atoms with E-state index in [2.05, 4.69) is 37.9 Å². The quantitative estimate of drug-likeness (QED) is 0.709. The minimum atomic E-state index is 0.660. The van der Waals surface area contributed by atoms with E-state index >= 15 is 0 Å². The van der Waals surface area contributed by atoms with Crippen molar-refractivity contribution in [2.24, 2.45) is 0 Å². The molecule has 0 spiro atoms. The smallest absolute Gasteiger partial charge is 0.122 e. The van der Waals surface area contributed by atoms with Gasteiger partial charge in [-0.25, -0.2) is 0 Å². The summed E-state index contributed by atoms with van der Waals surface area (Å²) in [6.07, 6.45) is 0.976. The number of nitrogens with zero attached hydrogens (tertiary/aromatic N) is 1. The van der Waals surface area contributed by atoms with Crippen LogP contribution in [-0.2, 0) is 11.2 Å². The molecule has 0 saturated carbocycles. The molecule has 0 radical (unpaired) electrons. The molecule has 0 unspecified atom stereocenters. The summed E-state index contributed by atoms with van der Waals surface area (Å²) in [5.41, 5.74) is 3.85. The van der Waals surface area contributed by atoms with Crippen LogP contribution in [-0.4, -0.2) is 39.4 Å². The fourth-order valence-corrected chi connectivity index (χ4v) is 1.83. The first-order chi connectivity index (χ1) is 8.08. The minimum absolute atomic E-state index is 0.660. The second kappa shape index (κ2) is 6.62. The zero-order valence-corrected chi connectivity index (χ0v) is 11.5. The van der Waals surface area contributed by atoms with Gasteiger partial charge in [0, 0.05) is 13.7 Å². The van der Waals surface area contributed by atoms with Gasteiger partial charge >= 0.3 is 0 Å². The lowest BCUT2D eigenvalue weighted by atomic mass is 10.0. The lowest BCUT2D eigenvalue weighted by Crippen LogP contribution is -2.23. The average Bonchev–Trinajstić information content (AvgIpc) is 2.30. The van der Waals surface area contributed by atoms with Crippen molar-refractivity contribution < 1.29 is 9.47 Å². The fraction of sp³-hybridized carbons (Fsp3) is 0.571. The number of aryl methyl sites for hydroxylation is 2. The molecule has 96 valence electrons. The average molecular weight is 237 g/mol. The van der Waals surface area contributed by atoms with Crippen molar-refractivity contribution in [3.05, 3.63) is 28.8 Å². The van der Waals surface area contributed by atoms with Gasteiger partial charge < -0.3 is 9.47 Å². The highest BCUT2D eigenvalue weighted by Crippen LogP contribution is 2.23. The Kier molecular flexibility index (Phi) is 5.45. The first-order valence-corrected chi connectivity index (χ1v) is 5.90. The van der Waals surface area contributed by atoms with Crippen LogP contribution in [0.2, 0.25) is 0 Å². The van der Waals surface area contributed by atoms with Crippen molar-refractivity contribution in [1.82, 2.24) is 4.90 Å². The molecule has 0 amide bonds. The van der Waals surface area contributed by atoms with Gasteiger partial charge in [0.2, 0.25) is 0 Å². The van der Waals surface area contributed by atoms with Gasteiger partial charge in [0.05, 0.1) is 13.8 Å². The molecule has 1 aromatic carbocycles. The molecule has 3 nitrogen and oxygen atoms in total. The number of hydrogen-bond donors (Lipinski definition) is 0. The third-order valence-corrected chi connectivity index (χ3v) is 3.01. The van der Waals surface area contributed by atoms with Crippen molar-refractivity contribution in [1.29, 1.82) is 0 Å². The predicted octanol–water partition coefficient (Wildman–Crippen LogP) is 2.39. The van der Waals surface area contributed by atoms with E-state index in [4.69, 9.17) is 9.47 Å². The maximum absolute atomic E-state index is 5.42. The topological polar surface area (TPSA) is 21.7 Å². The highest BCUT2D eigenvalue weighted by atomic mass is 16.5. The number of rotatable bonds is 6. The number of ether oxygens (including phenoxy) is 2. The second-order valence-corrected chi connectivity index (χ2v) is 4.50. The molecule has 0 aliphatic rings. The molecule has 0 aromatic heterocycles. The van der Waals surface area contributed by atoms with Gasteiger partial charge in [0.1, 0.15) is 5.75 Å². The molecule has 0 aliphatic heterocycles. The normalized spacial score (nSPS) is 10.9. The number of benzene rings is 1. The van der Waals surface area contributed by atoms with Gasteiger partial charge in [0.25, 0.3) is 0 Å². The van der Waals surface area contributed by atoms with Crippen LogP contribution >= 0.6 is 0 Å². The molecule has 17 heavy (non-hydrogen) atoms. The van der Waals surface area contributed by atoms with Crippen LogP contribution in [0.3, 0.4) is 0 Å². The summed E-state index contributed by atoms with van der Waals surface area (Å²) >= 11 is 0. The minimum Gasteiger partial charge on any atom is -0.496 e. The maximum Gasteiger partial charge on any atom is 0.122 e. The van der Waals surface area contributed by atoms with Crippen LogP contribution in [0.25, 0.3) is 0 Å². The predicted molar refractivity (Wildman–Crippen MR) is 70.7 cm³/mol. The van der Waals surface area contributed by atoms with Crippen LogP contribution in [0.15, 0.2) is 12.1 Å². The Morgan fingerprint density at radius 3 is 2.35 bits per heavy atom. The van der Waals surface area contributed by atoms with Crippen LogP contribution in [0, 0.1) is 13.8 Å². The summed E-state index contributed by atoms with van der Waals surface area (Å²) in [6, 6.07) is 4.33. The molecule has 1 rings (SSSR count). The van der Waals surface area contributed by atoms with Gasteiger partial charge in [-0.05, 0) is 50.1 Å². The van der Waals surface area contributed by atoms with E-state index in [0.717, 1.165) is 18.7 Å². The molecule has 0 atom stereocenters. The first kappa shape index (κ1) is 14.0. The molecule has 0 fully saturated rings. The Labute approximate surface area is 104 Å². The summed E-state index contributed by atoms with van der Waals surface area (Å²) in [5, 5.41) is 0. The largest absolute Gasteiger partial charge is 0.496 e. The monoisotopic (exact) mass is 237 g/mol. The van der Waals surface area contributed by atoms with E-state index < -0.39 is 0 Å². The number of likely N-dealkylation sites (N-methyl/N-ethyl adjacent to an activating group) is 1. The van der Waals surface area contributed by atoms with E-state index in [1.165, 1.54) is 16.7 Å². The molecule has 3 heteroatoms. The number of methoxy groups -OCH3 is 2. The van der Waals surface area contributed by atoms with Crippen LogP contribution in [0.5, 0.6) is 5.75 Å².